The highest BCUT2D eigenvalue weighted by Gasteiger charge is 2.39. The summed E-state index contributed by atoms with van der Waals surface area (Å²) in [7, 11) is 1.51. The monoisotopic (exact) mass is 270 g/mol. The highest BCUT2D eigenvalue weighted by molar-refractivity contribution is 5.84. The summed E-state index contributed by atoms with van der Waals surface area (Å²) >= 11 is 0. The maximum Gasteiger partial charge on any atom is 0.255 e. The van der Waals surface area contributed by atoms with Gasteiger partial charge in [0.1, 0.15) is 11.9 Å². The average molecular weight is 270 g/mol. The second kappa shape index (κ2) is 5.52. The lowest BCUT2D eigenvalue weighted by Gasteiger charge is -2.25. The molecular formula is C13H16F2N2O2. The van der Waals surface area contributed by atoms with Gasteiger partial charge in [0, 0.05) is 5.56 Å². The van der Waals surface area contributed by atoms with E-state index < -0.39 is 25.2 Å². The van der Waals surface area contributed by atoms with Gasteiger partial charge >= 0.3 is 0 Å². The molecule has 4 nitrogen and oxygen atoms in total. The average Bonchev–Trinajstić information content (AvgIpc) is 2.66. The Morgan fingerprint density at radius 3 is 2.74 bits per heavy atom. The minimum atomic E-state index is -2.56. The Kier molecular flexibility index (Phi) is 3.99. The number of rotatable bonds is 4. The van der Waals surface area contributed by atoms with E-state index in [1.54, 1.807) is 31.2 Å². The largest absolute Gasteiger partial charge is 0.496 e. The van der Waals surface area contributed by atoms with E-state index in [1.165, 1.54) is 7.11 Å². The molecule has 6 heteroatoms. The Morgan fingerprint density at radius 1 is 1.42 bits per heavy atom. The summed E-state index contributed by atoms with van der Waals surface area (Å²) in [5.74, 6) is 0.248. The van der Waals surface area contributed by atoms with Crippen molar-refractivity contribution in [3.8, 4) is 5.75 Å². The number of para-hydroxylation sites is 1. The second-order valence-corrected chi connectivity index (χ2v) is 4.41. The molecule has 1 aliphatic rings. The molecule has 0 spiro atoms. The van der Waals surface area contributed by atoms with Gasteiger partial charge in [-0.1, -0.05) is 18.2 Å². The molecule has 1 heterocycles. The van der Waals surface area contributed by atoms with E-state index in [4.69, 9.17) is 4.74 Å². The first-order chi connectivity index (χ1) is 9.04. The van der Waals surface area contributed by atoms with Crippen LogP contribution in [-0.4, -0.2) is 36.9 Å². The topological polar surface area (TPSA) is 41.6 Å². The number of alkyl halides is 2. The van der Waals surface area contributed by atoms with Crippen LogP contribution in [0, 0.1) is 0 Å². The van der Waals surface area contributed by atoms with Crippen LogP contribution in [0.3, 0.4) is 0 Å². The third-order valence-electron chi connectivity index (χ3n) is 3.14. The van der Waals surface area contributed by atoms with Gasteiger partial charge in [0.05, 0.1) is 19.7 Å². The van der Waals surface area contributed by atoms with Gasteiger partial charge in [-0.15, -0.1) is 0 Å². The third kappa shape index (κ3) is 2.68. The van der Waals surface area contributed by atoms with E-state index in [0.29, 0.717) is 11.3 Å². The second-order valence-electron chi connectivity index (χ2n) is 4.41. The fraction of sp³-hybridized carbons (Fsp3) is 0.462. The van der Waals surface area contributed by atoms with Crippen molar-refractivity contribution < 1.29 is 18.3 Å². The lowest BCUT2D eigenvalue weighted by molar-refractivity contribution is -0.131. The van der Waals surface area contributed by atoms with Crippen LogP contribution in [0.2, 0.25) is 0 Å². The van der Waals surface area contributed by atoms with Crippen LogP contribution in [0.25, 0.3) is 0 Å². The number of halogens is 2. The molecule has 1 saturated heterocycles. The number of ether oxygens (including phenoxy) is 1. The van der Waals surface area contributed by atoms with Gasteiger partial charge in [-0.25, -0.2) is 8.78 Å². The van der Waals surface area contributed by atoms with Crippen molar-refractivity contribution in [2.75, 3.05) is 13.7 Å². The number of benzene rings is 1. The van der Waals surface area contributed by atoms with E-state index in [0.717, 1.165) is 4.90 Å². The number of carbonyl (C=O) groups is 1. The summed E-state index contributed by atoms with van der Waals surface area (Å²) in [5.41, 5.74) is 0.684. The lowest BCUT2D eigenvalue weighted by atomic mass is 10.1. The minimum Gasteiger partial charge on any atom is -0.496 e. The minimum absolute atomic E-state index is 0.323. The number of carbonyl (C=O) groups excluding carboxylic acids is 1. The van der Waals surface area contributed by atoms with Crippen LogP contribution in [0.15, 0.2) is 24.3 Å². The van der Waals surface area contributed by atoms with E-state index in [1.807, 2.05) is 0 Å². The van der Waals surface area contributed by atoms with Crippen LogP contribution in [0.1, 0.15) is 18.7 Å². The molecule has 0 aromatic heterocycles. The molecule has 2 unspecified atom stereocenters. The standard InChI is InChI=1S/C13H16F2N2O2/c1-8-13(18)17(7-11(14)15)12(16-8)9-5-3-4-6-10(9)19-2/h3-6,8,11-12,16H,7H2,1-2H3. The van der Waals surface area contributed by atoms with Crippen LogP contribution >= 0.6 is 0 Å². The Bertz CT molecular complexity index is 468. The van der Waals surface area contributed by atoms with Gasteiger partial charge in [0.25, 0.3) is 6.43 Å². The number of amides is 1. The molecular weight excluding hydrogens is 254 g/mol. The van der Waals surface area contributed by atoms with Crippen LogP contribution < -0.4 is 10.1 Å². The summed E-state index contributed by atoms with van der Waals surface area (Å²) < 4.78 is 30.4. The van der Waals surface area contributed by atoms with Crippen LogP contribution in [-0.2, 0) is 4.79 Å². The molecule has 0 bridgehead atoms. The summed E-state index contributed by atoms with van der Waals surface area (Å²) in [4.78, 5) is 13.1. The first-order valence-electron chi connectivity index (χ1n) is 6.02. The van der Waals surface area contributed by atoms with E-state index in [2.05, 4.69) is 5.32 Å². The summed E-state index contributed by atoms with van der Waals surface area (Å²) in [5, 5.41) is 3.01. The third-order valence-corrected chi connectivity index (χ3v) is 3.14. The maximum absolute atomic E-state index is 12.6. The zero-order valence-electron chi connectivity index (χ0n) is 10.8. The fourth-order valence-electron chi connectivity index (χ4n) is 2.27. The number of hydrogen-bond acceptors (Lipinski definition) is 3. The van der Waals surface area contributed by atoms with Crippen molar-refractivity contribution in [2.24, 2.45) is 0 Å². The van der Waals surface area contributed by atoms with Crippen molar-refractivity contribution in [3.05, 3.63) is 29.8 Å². The van der Waals surface area contributed by atoms with Crippen molar-refractivity contribution >= 4 is 5.91 Å². The van der Waals surface area contributed by atoms with Gasteiger partial charge in [0.15, 0.2) is 0 Å². The van der Waals surface area contributed by atoms with Crippen LogP contribution in [0.5, 0.6) is 5.75 Å². The van der Waals surface area contributed by atoms with Crippen LogP contribution in [0.4, 0.5) is 8.78 Å². The Morgan fingerprint density at radius 2 is 2.11 bits per heavy atom. The molecule has 1 N–H and O–H groups in total. The Balaban J connectivity index is 2.33. The Labute approximate surface area is 110 Å². The molecule has 0 aliphatic carbocycles. The van der Waals surface area contributed by atoms with Crippen molar-refractivity contribution in [2.45, 2.75) is 25.6 Å². The number of hydrogen-bond donors (Lipinski definition) is 1. The SMILES string of the molecule is COc1ccccc1C1NC(C)C(=O)N1CC(F)F. The molecule has 1 amide bonds. The van der Waals surface area contributed by atoms with Gasteiger partial charge in [-0.2, -0.15) is 0 Å². The van der Waals surface area contributed by atoms with Crippen molar-refractivity contribution in [1.29, 1.82) is 0 Å². The zero-order valence-corrected chi connectivity index (χ0v) is 10.8. The maximum atomic E-state index is 12.6. The molecule has 0 radical (unpaired) electrons. The van der Waals surface area contributed by atoms with Gasteiger partial charge in [-0.05, 0) is 13.0 Å². The molecule has 0 saturated carbocycles. The van der Waals surface area contributed by atoms with Gasteiger partial charge < -0.3 is 9.64 Å². The number of methoxy groups -OCH3 is 1. The van der Waals surface area contributed by atoms with Crippen molar-refractivity contribution in [3.63, 3.8) is 0 Å². The van der Waals surface area contributed by atoms with E-state index in [9.17, 15) is 13.6 Å². The summed E-state index contributed by atoms with van der Waals surface area (Å²) in [6.45, 7) is 1.08. The molecule has 2 atom stereocenters. The van der Waals surface area contributed by atoms with Gasteiger partial charge in [-0.3, -0.25) is 10.1 Å². The van der Waals surface area contributed by atoms with Gasteiger partial charge in [0.2, 0.25) is 5.91 Å². The van der Waals surface area contributed by atoms with E-state index in [-0.39, 0.29) is 5.91 Å². The smallest absolute Gasteiger partial charge is 0.255 e. The molecule has 104 valence electrons. The van der Waals surface area contributed by atoms with Crippen molar-refractivity contribution in [1.82, 2.24) is 10.2 Å². The quantitative estimate of drug-likeness (QED) is 0.906. The predicted octanol–water partition coefficient (Wildman–Crippen LogP) is 1.78. The highest BCUT2D eigenvalue weighted by Crippen LogP contribution is 2.31. The zero-order chi connectivity index (χ0) is 14.0. The molecule has 1 fully saturated rings. The molecule has 1 aromatic carbocycles. The van der Waals surface area contributed by atoms with E-state index >= 15 is 0 Å². The predicted molar refractivity (Wildman–Crippen MR) is 66.0 cm³/mol. The molecule has 1 aromatic rings. The normalized spacial score (nSPS) is 23.2. The fourth-order valence-corrected chi connectivity index (χ4v) is 2.27. The molecule has 1 aliphatic heterocycles. The lowest BCUT2D eigenvalue weighted by Crippen LogP contribution is -2.34. The summed E-state index contributed by atoms with van der Waals surface area (Å²) in [6, 6.07) is 6.60. The first-order valence-corrected chi connectivity index (χ1v) is 6.02. The molecule has 2 rings (SSSR count). The number of nitrogens with zero attached hydrogens (tertiary/aromatic N) is 1. The highest BCUT2D eigenvalue weighted by atomic mass is 19.3. The Hall–Kier alpha value is -1.69. The summed E-state index contributed by atoms with van der Waals surface area (Å²) in [6.07, 6.45) is -3.14. The first kappa shape index (κ1) is 13.7. The number of nitrogens with one attached hydrogen (secondary N) is 1. The molecule has 19 heavy (non-hydrogen) atoms.